The monoisotopic (exact) mass is 330 g/mol. The number of hydrogen-bond donors (Lipinski definition) is 0. The Morgan fingerprint density at radius 2 is 1.88 bits per heavy atom. The lowest BCUT2D eigenvalue weighted by Crippen LogP contribution is -2.44. The van der Waals surface area contributed by atoms with E-state index in [0.717, 1.165) is 57.0 Å². The molecule has 2 saturated heterocycles. The summed E-state index contributed by atoms with van der Waals surface area (Å²) in [6.07, 6.45) is 7.42. The lowest BCUT2D eigenvalue weighted by Gasteiger charge is -2.37. The second-order valence-corrected chi connectivity index (χ2v) is 7.51. The van der Waals surface area contributed by atoms with Crippen molar-refractivity contribution in [1.82, 2.24) is 14.9 Å². The maximum Gasteiger partial charge on any atom is 0.226 e. The van der Waals surface area contributed by atoms with Crippen LogP contribution in [0.5, 0.6) is 0 Å². The molecule has 0 unspecified atom stereocenters. The molecule has 1 aromatic rings. The highest BCUT2D eigenvalue weighted by molar-refractivity contribution is 5.79. The predicted molar refractivity (Wildman–Crippen MR) is 95.9 cm³/mol. The van der Waals surface area contributed by atoms with Crippen LogP contribution < -0.4 is 4.90 Å². The maximum absolute atomic E-state index is 13.0. The van der Waals surface area contributed by atoms with Crippen molar-refractivity contribution in [3.8, 4) is 0 Å². The third-order valence-corrected chi connectivity index (χ3v) is 5.58. The Hall–Kier alpha value is -1.65. The number of aryl methyl sites for hydroxylation is 1. The van der Waals surface area contributed by atoms with Gasteiger partial charge in [-0.3, -0.25) is 4.79 Å². The van der Waals surface area contributed by atoms with E-state index < -0.39 is 0 Å². The summed E-state index contributed by atoms with van der Waals surface area (Å²) in [6, 6.07) is 2.31. The first-order valence-electron chi connectivity index (χ1n) is 9.41. The van der Waals surface area contributed by atoms with E-state index in [-0.39, 0.29) is 5.92 Å². The lowest BCUT2D eigenvalue weighted by atomic mass is 9.81. The molecule has 3 rings (SSSR count). The normalized spacial score (nSPS) is 23.7. The van der Waals surface area contributed by atoms with Crippen molar-refractivity contribution in [2.45, 2.75) is 58.9 Å². The van der Waals surface area contributed by atoms with Crippen molar-refractivity contribution in [3.05, 3.63) is 18.1 Å². The van der Waals surface area contributed by atoms with E-state index in [0.29, 0.717) is 17.9 Å². The zero-order chi connectivity index (χ0) is 17.1. The van der Waals surface area contributed by atoms with Crippen LogP contribution in [0.25, 0.3) is 0 Å². The van der Waals surface area contributed by atoms with Crippen LogP contribution >= 0.6 is 0 Å². The van der Waals surface area contributed by atoms with Gasteiger partial charge >= 0.3 is 0 Å². The first-order valence-corrected chi connectivity index (χ1v) is 9.41. The van der Waals surface area contributed by atoms with E-state index in [1.54, 1.807) is 0 Å². The van der Waals surface area contributed by atoms with Gasteiger partial charge in [0.05, 0.1) is 0 Å². The molecule has 1 aromatic heterocycles. The van der Waals surface area contributed by atoms with Crippen LogP contribution in [0.4, 0.5) is 5.82 Å². The molecule has 2 fully saturated rings. The van der Waals surface area contributed by atoms with Crippen LogP contribution in [0, 0.1) is 18.8 Å². The van der Waals surface area contributed by atoms with Crippen molar-refractivity contribution in [2.24, 2.45) is 11.8 Å². The largest absolute Gasteiger partial charge is 0.356 e. The summed E-state index contributed by atoms with van der Waals surface area (Å²) in [5, 5.41) is 0. The Morgan fingerprint density at radius 3 is 2.54 bits per heavy atom. The molecule has 3 heterocycles. The summed E-state index contributed by atoms with van der Waals surface area (Å²) < 4.78 is 0. The minimum absolute atomic E-state index is 0.226. The average Bonchev–Trinajstić information content (AvgIpc) is 2.77. The molecule has 1 atom stereocenters. The van der Waals surface area contributed by atoms with Crippen molar-refractivity contribution >= 4 is 11.7 Å². The molecule has 2 aliphatic heterocycles. The van der Waals surface area contributed by atoms with Crippen molar-refractivity contribution in [1.29, 1.82) is 0 Å². The summed E-state index contributed by atoms with van der Waals surface area (Å²) in [5.74, 6) is 3.00. The number of anilines is 1. The molecule has 5 heteroatoms. The predicted octanol–water partition coefficient (Wildman–Crippen LogP) is 3.04. The molecule has 0 aromatic carbocycles. The molecule has 2 aliphatic rings. The van der Waals surface area contributed by atoms with E-state index in [1.165, 1.54) is 6.42 Å². The Kier molecular flexibility index (Phi) is 5.36. The second kappa shape index (κ2) is 7.49. The van der Waals surface area contributed by atoms with Gasteiger partial charge in [0.25, 0.3) is 0 Å². The Bertz CT molecular complexity index is 566. The maximum atomic E-state index is 13.0. The molecular formula is C19H30N4O. The summed E-state index contributed by atoms with van der Waals surface area (Å²) >= 11 is 0. The summed E-state index contributed by atoms with van der Waals surface area (Å²) in [7, 11) is 0. The Morgan fingerprint density at radius 1 is 1.12 bits per heavy atom. The van der Waals surface area contributed by atoms with E-state index in [1.807, 2.05) is 19.2 Å². The third kappa shape index (κ3) is 3.70. The van der Waals surface area contributed by atoms with Gasteiger partial charge in [-0.25, -0.2) is 9.97 Å². The van der Waals surface area contributed by atoms with Gasteiger partial charge in [0.2, 0.25) is 5.91 Å². The summed E-state index contributed by atoms with van der Waals surface area (Å²) in [6.45, 7) is 9.13. The first-order chi connectivity index (χ1) is 11.6. The average molecular weight is 330 g/mol. The SMILES string of the molecule is Cc1nccc(N2CCC([C@H]3CCCCN(C(C)C)C3=O)CC2)n1. The quantitative estimate of drug-likeness (QED) is 0.855. The van der Waals surface area contributed by atoms with Gasteiger partial charge < -0.3 is 9.80 Å². The third-order valence-electron chi connectivity index (χ3n) is 5.58. The molecule has 24 heavy (non-hydrogen) atoms. The fourth-order valence-corrected chi connectivity index (χ4v) is 4.19. The number of amides is 1. The number of carbonyl (C=O) groups excluding carboxylic acids is 1. The molecule has 1 amide bonds. The highest BCUT2D eigenvalue weighted by atomic mass is 16.2. The number of aromatic nitrogens is 2. The molecule has 0 saturated carbocycles. The van der Waals surface area contributed by atoms with Crippen LogP contribution in [0.3, 0.4) is 0 Å². The van der Waals surface area contributed by atoms with Crippen molar-refractivity contribution < 1.29 is 4.79 Å². The second-order valence-electron chi connectivity index (χ2n) is 7.51. The van der Waals surface area contributed by atoms with Gasteiger partial charge in [0, 0.05) is 37.8 Å². The molecule has 5 nitrogen and oxygen atoms in total. The van der Waals surface area contributed by atoms with Crippen LogP contribution in [0.2, 0.25) is 0 Å². The van der Waals surface area contributed by atoms with Gasteiger partial charge in [-0.15, -0.1) is 0 Å². The Balaban J connectivity index is 1.64. The van der Waals surface area contributed by atoms with Crippen LogP contribution in [0.15, 0.2) is 12.3 Å². The lowest BCUT2D eigenvalue weighted by molar-refractivity contribution is -0.138. The van der Waals surface area contributed by atoms with E-state index in [9.17, 15) is 4.79 Å². The molecule has 0 radical (unpaired) electrons. The van der Waals surface area contributed by atoms with Gasteiger partial charge in [0.15, 0.2) is 0 Å². The summed E-state index contributed by atoms with van der Waals surface area (Å²) in [4.78, 5) is 26.1. The number of piperidine rings is 1. The number of likely N-dealkylation sites (tertiary alicyclic amines) is 1. The van der Waals surface area contributed by atoms with Gasteiger partial charge in [-0.2, -0.15) is 0 Å². The van der Waals surface area contributed by atoms with Gasteiger partial charge in [0.1, 0.15) is 11.6 Å². The smallest absolute Gasteiger partial charge is 0.226 e. The van der Waals surface area contributed by atoms with Crippen LogP contribution in [-0.2, 0) is 4.79 Å². The molecular weight excluding hydrogens is 300 g/mol. The highest BCUT2D eigenvalue weighted by Gasteiger charge is 2.35. The highest BCUT2D eigenvalue weighted by Crippen LogP contribution is 2.33. The zero-order valence-corrected chi connectivity index (χ0v) is 15.2. The molecule has 0 N–H and O–H groups in total. The van der Waals surface area contributed by atoms with Crippen LogP contribution in [0.1, 0.15) is 51.8 Å². The molecule has 0 spiro atoms. The molecule has 0 bridgehead atoms. The molecule has 132 valence electrons. The van der Waals surface area contributed by atoms with Crippen LogP contribution in [-0.4, -0.2) is 46.5 Å². The standard InChI is InChI=1S/C19H30N4O/c1-14(2)23-11-5-4-6-17(19(23)24)16-8-12-22(13-9-16)18-7-10-20-15(3)21-18/h7,10,14,16-17H,4-6,8-9,11-13H2,1-3H3/t17-/m1/s1. The Labute approximate surface area is 145 Å². The minimum atomic E-state index is 0.226. The molecule has 0 aliphatic carbocycles. The number of hydrogen-bond acceptors (Lipinski definition) is 4. The van der Waals surface area contributed by atoms with Gasteiger partial charge in [-0.1, -0.05) is 6.42 Å². The van der Waals surface area contributed by atoms with Crippen molar-refractivity contribution in [3.63, 3.8) is 0 Å². The van der Waals surface area contributed by atoms with Crippen molar-refractivity contribution in [2.75, 3.05) is 24.5 Å². The van der Waals surface area contributed by atoms with E-state index >= 15 is 0 Å². The topological polar surface area (TPSA) is 49.3 Å². The van der Waals surface area contributed by atoms with E-state index in [4.69, 9.17) is 0 Å². The van der Waals surface area contributed by atoms with E-state index in [2.05, 4.69) is 33.6 Å². The number of nitrogens with zero attached hydrogens (tertiary/aromatic N) is 4. The first kappa shape index (κ1) is 17.2. The summed E-state index contributed by atoms with van der Waals surface area (Å²) in [5.41, 5.74) is 0. The number of rotatable bonds is 3. The number of carbonyl (C=O) groups is 1. The minimum Gasteiger partial charge on any atom is -0.356 e. The fourth-order valence-electron chi connectivity index (χ4n) is 4.19. The zero-order valence-electron chi connectivity index (χ0n) is 15.2. The van der Waals surface area contributed by atoms with Gasteiger partial charge in [-0.05, 0) is 58.4 Å². The fraction of sp³-hybridized carbons (Fsp3) is 0.737.